The van der Waals surface area contributed by atoms with Gasteiger partial charge in [0.2, 0.25) is 5.91 Å². The van der Waals surface area contributed by atoms with Crippen LogP contribution in [0.2, 0.25) is 0 Å². The van der Waals surface area contributed by atoms with E-state index in [9.17, 15) is 9.59 Å². The summed E-state index contributed by atoms with van der Waals surface area (Å²) in [6.45, 7) is 6.16. The molecule has 0 spiro atoms. The molecular weight excluding hydrogens is 286 g/mol. The summed E-state index contributed by atoms with van der Waals surface area (Å²) < 4.78 is 5.67. The maximum atomic E-state index is 12.7. The second-order valence-electron chi connectivity index (χ2n) is 6.52. The van der Waals surface area contributed by atoms with Crippen molar-refractivity contribution in [3.05, 3.63) is 0 Å². The number of hydrogen-bond donors (Lipinski definition) is 1. The van der Waals surface area contributed by atoms with E-state index < -0.39 is 5.97 Å². The molecular formula is C15H29N3O4. The molecule has 0 bridgehead atoms. The fourth-order valence-electron chi connectivity index (χ4n) is 2.96. The quantitative estimate of drug-likeness (QED) is 0.702. The van der Waals surface area contributed by atoms with Gasteiger partial charge in [-0.05, 0) is 27.1 Å². The maximum absolute atomic E-state index is 12.7. The number of nitrogens with zero attached hydrogens (tertiary/aromatic N) is 3. The average molecular weight is 315 g/mol. The lowest BCUT2D eigenvalue weighted by Crippen LogP contribution is -2.55. The summed E-state index contributed by atoms with van der Waals surface area (Å²) in [5.41, 5.74) is 0. The number of carbonyl (C=O) groups is 2. The van der Waals surface area contributed by atoms with Gasteiger partial charge in [-0.15, -0.1) is 0 Å². The lowest BCUT2D eigenvalue weighted by Gasteiger charge is -2.38. The van der Waals surface area contributed by atoms with Gasteiger partial charge >= 0.3 is 5.97 Å². The van der Waals surface area contributed by atoms with Crippen molar-refractivity contribution in [2.24, 2.45) is 5.92 Å². The summed E-state index contributed by atoms with van der Waals surface area (Å²) in [4.78, 5) is 28.9. The molecule has 1 fully saturated rings. The summed E-state index contributed by atoms with van der Waals surface area (Å²) in [6.07, 6.45) is -0.142. The third-order valence-corrected chi connectivity index (χ3v) is 3.81. The van der Waals surface area contributed by atoms with E-state index in [1.165, 1.54) is 0 Å². The van der Waals surface area contributed by atoms with Crippen LogP contribution in [0.25, 0.3) is 0 Å². The molecule has 0 radical (unpaired) electrons. The second-order valence-corrected chi connectivity index (χ2v) is 6.52. The molecule has 1 N–H and O–H groups in total. The molecule has 0 saturated carbocycles. The van der Waals surface area contributed by atoms with Crippen molar-refractivity contribution >= 4 is 11.9 Å². The number of carbonyl (C=O) groups excluding carboxylic acids is 1. The standard InChI is InChI=1S/C15H29N3O4/c1-11(2)14(16(3)4)15(21)18-6-7-22-12(9-18)8-17(5)10-13(19)20/h11-12,14H,6-10H2,1-5H3,(H,19,20)/t12?,14-/m1/s1. The van der Waals surface area contributed by atoms with Crippen molar-refractivity contribution in [1.29, 1.82) is 0 Å². The molecule has 1 aliphatic heterocycles. The van der Waals surface area contributed by atoms with Crippen LogP contribution in [0.3, 0.4) is 0 Å². The molecule has 0 aromatic rings. The predicted octanol–water partition coefficient (Wildman–Crippen LogP) is -0.184. The Hall–Kier alpha value is -1.18. The highest BCUT2D eigenvalue weighted by Gasteiger charge is 2.32. The van der Waals surface area contributed by atoms with Gasteiger partial charge in [-0.1, -0.05) is 13.8 Å². The first-order chi connectivity index (χ1) is 10.2. The number of likely N-dealkylation sites (N-methyl/N-ethyl adjacent to an activating group) is 2. The number of carboxylic acid groups (broad SMARTS) is 1. The van der Waals surface area contributed by atoms with Crippen LogP contribution < -0.4 is 0 Å². The van der Waals surface area contributed by atoms with E-state index in [-0.39, 0.29) is 30.5 Å². The van der Waals surface area contributed by atoms with Crippen molar-refractivity contribution in [3.8, 4) is 0 Å². The van der Waals surface area contributed by atoms with Gasteiger partial charge in [0.25, 0.3) is 0 Å². The first kappa shape index (κ1) is 18.9. The third-order valence-electron chi connectivity index (χ3n) is 3.81. The van der Waals surface area contributed by atoms with Crippen LogP contribution >= 0.6 is 0 Å². The summed E-state index contributed by atoms with van der Waals surface area (Å²) in [6, 6.07) is -0.143. The van der Waals surface area contributed by atoms with E-state index in [2.05, 4.69) is 0 Å². The van der Waals surface area contributed by atoms with Gasteiger partial charge in [0.1, 0.15) is 0 Å². The number of rotatable bonds is 7. The predicted molar refractivity (Wildman–Crippen MR) is 83.8 cm³/mol. The number of amides is 1. The number of aliphatic carboxylic acids is 1. The molecule has 7 heteroatoms. The number of hydrogen-bond acceptors (Lipinski definition) is 5. The molecule has 1 heterocycles. The van der Waals surface area contributed by atoms with E-state index in [0.29, 0.717) is 26.2 Å². The Labute approximate surface area is 132 Å². The fourth-order valence-corrected chi connectivity index (χ4v) is 2.96. The lowest BCUT2D eigenvalue weighted by atomic mass is 10.0. The average Bonchev–Trinajstić information content (AvgIpc) is 2.36. The highest BCUT2D eigenvalue weighted by atomic mass is 16.5. The largest absolute Gasteiger partial charge is 0.480 e. The monoisotopic (exact) mass is 315 g/mol. The highest BCUT2D eigenvalue weighted by molar-refractivity contribution is 5.82. The minimum atomic E-state index is -0.862. The summed E-state index contributed by atoms with van der Waals surface area (Å²) in [5, 5.41) is 8.80. The topological polar surface area (TPSA) is 73.3 Å². The highest BCUT2D eigenvalue weighted by Crippen LogP contribution is 2.15. The molecule has 1 saturated heterocycles. The SMILES string of the molecule is CC(C)[C@H](C(=O)N1CCOC(CN(C)CC(=O)O)C1)N(C)C. The van der Waals surface area contributed by atoms with Crippen LogP contribution in [0.4, 0.5) is 0 Å². The Balaban J connectivity index is 2.62. The van der Waals surface area contributed by atoms with Crippen LogP contribution in [0.15, 0.2) is 0 Å². The Kier molecular flexibility index (Phi) is 7.25. The van der Waals surface area contributed by atoms with Crippen LogP contribution in [0.5, 0.6) is 0 Å². The molecule has 1 aliphatic rings. The number of ether oxygens (including phenoxy) is 1. The van der Waals surface area contributed by atoms with Crippen molar-refractivity contribution in [3.63, 3.8) is 0 Å². The molecule has 0 aliphatic carbocycles. The van der Waals surface area contributed by atoms with Gasteiger partial charge < -0.3 is 14.7 Å². The molecule has 128 valence electrons. The van der Waals surface area contributed by atoms with Crippen LogP contribution in [-0.4, -0.2) is 97.8 Å². The second kappa shape index (κ2) is 8.45. The van der Waals surface area contributed by atoms with Gasteiger partial charge in [-0.2, -0.15) is 0 Å². The Bertz CT molecular complexity index is 379. The van der Waals surface area contributed by atoms with Crippen molar-refractivity contribution in [2.45, 2.75) is 26.0 Å². The number of carboxylic acids is 1. The van der Waals surface area contributed by atoms with E-state index in [1.807, 2.05) is 37.7 Å². The molecule has 0 aromatic heterocycles. The van der Waals surface area contributed by atoms with Crippen molar-refractivity contribution in [2.75, 3.05) is 53.9 Å². The summed E-state index contributed by atoms with van der Waals surface area (Å²) in [5.74, 6) is -0.508. The van der Waals surface area contributed by atoms with Gasteiger partial charge in [0.05, 0.1) is 25.3 Å². The normalized spacial score (nSPS) is 20.7. The van der Waals surface area contributed by atoms with Gasteiger partial charge in [-0.3, -0.25) is 19.4 Å². The Morgan fingerprint density at radius 2 is 1.95 bits per heavy atom. The maximum Gasteiger partial charge on any atom is 0.317 e. The van der Waals surface area contributed by atoms with Crippen LogP contribution in [-0.2, 0) is 14.3 Å². The zero-order chi connectivity index (χ0) is 16.9. The molecule has 0 aromatic carbocycles. The van der Waals surface area contributed by atoms with Gasteiger partial charge in [0, 0.05) is 19.6 Å². The fraction of sp³-hybridized carbons (Fsp3) is 0.867. The zero-order valence-corrected chi connectivity index (χ0v) is 14.3. The molecule has 7 nitrogen and oxygen atoms in total. The zero-order valence-electron chi connectivity index (χ0n) is 14.3. The third kappa shape index (κ3) is 5.55. The van der Waals surface area contributed by atoms with E-state index >= 15 is 0 Å². The minimum absolute atomic E-state index is 0.0277. The number of morpholine rings is 1. The Morgan fingerprint density at radius 1 is 1.32 bits per heavy atom. The van der Waals surface area contributed by atoms with Crippen LogP contribution in [0.1, 0.15) is 13.8 Å². The minimum Gasteiger partial charge on any atom is -0.480 e. The summed E-state index contributed by atoms with van der Waals surface area (Å²) in [7, 11) is 5.58. The van der Waals surface area contributed by atoms with Crippen LogP contribution in [0, 0.1) is 5.92 Å². The molecule has 1 amide bonds. The molecule has 2 atom stereocenters. The molecule has 22 heavy (non-hydrogen) atoms. The van der Waals surface area contributed by atoms with Gasteiger partial charge in [0.15, 0.2) is 0 Å². The van der Waals surface area contributed by atoms with Crippen molar-refractivity contribution in [1.82, 2.24) is 14.7 Å². The molecule has 1 unspecified atom stereocenters. The Morgan fingerprint density at radius 3 is 2.45 bits per heavy atom. The van der Waals surface area contributed by atoms with Gasteiger partial charge in [-0.25, -0.2) is 0 Å². The summed E-state index contributed by atoms with van der Waals surface area (Å²) >= 11 is 0. The van der Waals surface area contributed by atoms with E-state index in [1.54, 1.807) is 11.9 Å². The smallest absolute Gasteiger partial charge is 0.317 e. The first-order valence-electron chi connectivity index (χ1n) is 7.69. The van der Waals surface area contributed by atoms with E-state index in [0.717, 1.165) is 0 Å². The lowest BCUT2D eigenvalue weighted by molar-refractivity contribution is -0.147. The van der Waals surface area contributed by atoms with E-state index in [4.69, 9.17) is 9.84 Å². The van der Waals surface area contributed by atoms with Crippen molar-refractivity contribution < 1.29 is 19.4 Å². The molecule has 1 rings (SSSR count). The first-order valence-corrected chi connectivity index (χ1v) is 7.69.